The van der Waals surface area contributed by atoms with Gasteiger partial charge in [-0.05, 0) is 60.7 Å². The lowest BCUT2D eigenvalue weighted by Gasteiger charge is -2.14. The molecule has 33 heavy (non-hydrogen) atoms. The molecule has 0 radical (unpaired) electrons. The van der Waals surface area contributed by atoms with Crippen LogP contribution in [0, 0.1) is 6.92 Å². The maximum atomic E-state index is 11.3. The highest BCUT2D eigenvalue weighted by Crippen LogP contribution is 2.35. The lowest BCUT2D eigenvalue weighted by atomic mass is 9.95. The molecule has 0 aliphatic rings. The molecule has 0 aliphatic heterocycles. The molecule has 7 heteroatoms. The minimum absolute atomic E-state index is 0.332. The van der Waals surface area contributed by atoms with Crippen molar-refractivity contribution in [2.75, 3.05) is 0 Å². The van der Waals surface area contributed by atoms with Gasteiger partial charge in [-0.25, -0.2) is 9.78 Å². The number of hydrogen-bond donors (Lipinski definition) is 1. The molecular weight excluding hydrogens is 461 g/mol. The first-order valence-electron chi connectivity index (χ1n) is 10.6. The van der Waals surface area contributed by atoms with Crippen LogP contribution in [0.4, 0.5) is 0 Å². The molecule has 0 fully saturated rings. The fourth-order valence-electron chi connectivity index (χ4n) is 3.28. The molecule has 1 N–H and O–H groups in total. The number of carbonyl (C=O) groups is 1. The summed E-state index contributed by atoms with van der Waals surface area (Å²) in [6.45, 7) is 4.30. The zero-order chi connectivity index (χ0) is 23.8. The smallest absolute Gasteiger partial charge is 0.328 e. The number of ether oxygens (including phenoxy) is 2. The van der Waals surface area contributed by atoms with Crippen LogP contribution in [0.2, 0.25) is 10.0 Å². The first-order valence-corrected chi connectivity index (χ1v) is 11.4. The predicted molar refractivity (Wildman–Crippen MR) is 131 cm³/mol. The lowest BCUT2D eigenvalue weighted by molar-refractivity contribution is -0.131. The number of aryl methyl sites for hydroxylation is 1. The average molecular weight is 486 g/mol. The summed E-state index contributed by atoms with van der Waals surface area (Å²) in [5.74, 6) is 0.416. The maximum Gasteiger partial charge on any atom is 0.328 e. The summed E-state index contributed by atoms with van der Waals surface area (Å²) in [4.78, 5) is 15.6. The Labute approximate surface area is 203 Å². The monoisotopic (exact) mass is 485 g/mol. The SMILES string of the molecule is CCCC/C(=C\C(=O)O)c1cc(Cl)c(Oc2ccc(OCc3ccccc3Cl)cn2)cc1C. The van der Waals surface area contributed by atoms with Crippen molar-refractivity contribution in [1.82, 2.24) is 4.98 Å². The van der Waals surface area contributed by atoms with E-state index in [0.29, 0.717) is 40.5 Å². The quantitative estimate of drug-likeness (QED) is 0.297. The highest BCUT2D eigenvalue weighted by Gasteiger charge is 2.13. The number of hydrogen-bond acceptors (Lipinski definition) is 4. The summed E-state index contributed by atoms with van der Waals surface area (Å²) in [5, 5.41) is 10.3. The second kappa shape index (κ2) is 11.7. The van der Waals surface area contributed by atoms with Crippen LogP contribution in [0.1, 0.15) is 42.9 Å². The number of halogens is 2. The van der Waals surface area contributed by atoms with Crippen LogP contribution in [0.15, 0.2) is 60.8 Å². The molecule has 0 saturated heterocycles. The van der Waals surface area contributed by atoms with Gasteiger partial charge < -0.3 is 14.6 Å². The molecule has 1 heterocycles. The van der Waals surface area contributed by atoms with Crippen LogP contribution >= 0.6 is 23.2 Å². The largest absolute Gasteiger partial charge is 0.487 e. The topological polar surface area (TPSA) is 68.7 Å². The molecule has 5 nitrogen and oxygen atoms in total. The van der Waals surface area contributed by atoms with Crippen molar-refractivity contribution < 1.29 is 19.4 Å². The molecule has 0 atom stereocenters. The molecule has 0 spiro atoms. The number of pyridine rings is 1. The third-order valence-electron chi connectivity index (χ3n) is 5.00. The normalized spacial score (nSPS) is 11.3. The van der Waals surface area contributed by atoms with Crippen LogP contribution in [0.5, 0.6) is 17.4 Å². The van der Waals surface area contributed by atoms with Crippen LogP contribution in [0.3, 0.4) is 0 Å². The summed E-state index contributed by atoms with van der Waals surface area (Å²) < 4.78 is 11.6. The van der Waals surface area contributed by atoms with Crippen molar-refractivity contribution >= 4 is 34.7 Å². The van der Waals surface area contributed by atoms with Gasteiger partial charge in [0.25, 0.3) is 0 Å². The molecule has 172 valence electrons. The summed E-state index contributed by atoms with van der Waals surface area (Å²) in [5.41, 5.74) is 3.31. The highest BCUT2D eigenvalue weighted by atomic mass is 35.5. The van der Waals surface area contributed by atoms with E-state index in [1.165, 1.54) is 6.08 Å². The number of benzene rings is 2. The summed E-state index contributed by atoms with van der Waals surface area (Å²) in [6.07, 6.45) is 5.34. The van der Waals surface area contributed by atoms with Crippen molar-refractivity contribution in [2.45, 2.75) is 39.7 Å². The number of unbranched alkanes of at least 4 members (excludes halogenated alkanes) is 1. The number of nitrogens with zero attached hydrogens (tertiary/aromatic N) is 1. The molecule has 3 rings (SSSR count). The van der Waals surface area contributed by atoms with Crippen molar-refractivity contribution in [3.8, 4) is 17.4 Å². The predicted octanol–water partition coefficient (Wildman–Crippen LogP) is 7.73. The molecule has 0 bridgehead atoms. The van der Waals surface area contributed by atoms with Gasteiger partial charge in [0, 0.05) is 22.7 Å². The molecule has 0 unspecified atom stereocenters. The van der Waals surface area contributed by atoms with Gasteiger partial charge in [0.05, 0.1) is 11.2 Å². The standard InChI is InChI=1S/C26H25Cl2NO4/c1-3-4-7-18(13-26(30)31)21-14-23(28)24(12-17(21)2)33-25-11-10-20(15-29-25)32-16-19-8-5-6-9-22(19)27/h5-6,8-15H,3-4,7,16H2,1-2H3,(H,30,31)/b18-13+. The van der Waals surface area contributed by atoms with Gasteiger partial charge >= 0.3 is 5.97 Å². The Kier molecular flexibility index (Phi) is 8.75. The van der Waals surface area contributed by atoms with E-state index in [-0.39, 0.29) is 0 Å². The molecule has 0 amide bonds. The van der Waals surface area contributed by atoms with E-state index in [2.05, 4.69) is 11.9 Å². The number of aromatic nitrogens is 1. The fourth-order valence-corrected chi connectivity index (χ4v) is 3.67. The van der Waals surface area contributed by atoms with Gasteiger partial charge in [0.2, 0.25) is 5.88 Å². The highest BCUT2D eigenvalue weighted by molar-refractivity contribution is 6.32. The second-order valence-electron chi connectivity index (χ2n) is 7.52. The summed E-state index contributed by atoms with van der Waals surface area (Å²) in [6, 6.07) is 14.5. The van der Waals surface area contributed by atoms with Crippen molar-refractivity contribution in [3.05, 3.63) is 87.5 Å². The number of allylic oxidation sites excluding steroid dienone is 1. The van der Waals surface area contributed by atoms with E-state index in [0.717, 1.165) is 35.1 Å². The zero-order valence-electron chi connectivity index (χ0n) is 18.5. The van der Waals surface area contributed by atoms with Gasteiger partial charge in [-0.15, -0.1) is 0 Å². The second-order valence-corrected chi connectivity index (χ2v) is 8.34. The minimum Gasteiger partial charge on any atom is -0.487 e. The first-order chi connectivity index (χ1) is 15.9. The Hall–Kier alpha value is -3.02. The molecule has 0 saturated carbocycles. The molecule has 3 aromatic rings. The average Bonchev–Trinajstić information content (AvgIpc) is 2.79. The Morgan fingerprint density at radius 3 is 2.58 bits per heavy atom. The van der Waals surface area contributed by atoms with E-state index >= 15 is 0 Å². The van der Waals surface area contributed by atoms with E-state index < -0.39 is 5.97 Å². The molecule has 2 aromatic carbocycles. The maximum absolute atomic E-state index is 11.3. The van der Waals surface area contributed by atoms with E-state index in [1.807, 2.05) is 31.2 Å². The van der Waals surface area contributed by atoms with Crippen molar-refractivity contribution in [3.63, 3.8) is 0 Å². The third kappa shape index (κ3) is 6.98. The van der Waals surface area contributed by atoms with Crippen molar-refractivity contribution in [2.24, 2.45) is 0 Å². The van der Waals surface area contributed by atoms with E-state index in [1.54, 1.807) is 30.5 Å². The zero-order valence-corrected chi connectivity index (χ0v) is 20.0. The fraction of sp³-hybridized carbons (Fsp3) is 0.231. The molecule has 1 aromatic heterocycles. The Morgan fingerprint density at radius 1 is 1.12 bits per heavy atom. The van der Waals surface area contributed by atoms with Gasteiger partial charge in [-0.3, -0.25) is 0 Å². The molecule has 0 aliphatic carbocycles. The van der Waals surface area contributed by atoms with E-state index in [4.69, 9.17) is 32.7 Å². The van der Waals surface area contributed by atoms with Gasteiger partial charge in [0.1, 0.15) is 18.1 Å². The van der Waals surface area contributed by atoms with Crippen LogP contribution in [0.25, 0.3) is 5.57 Å². The Morgan fingerprint density at radius 2 is 1.91 bits per heavy atom. The van der Waals surface area contributed by atoms with Gasteiger partial charge in [0.15, 0.2) is 0 Å². The van der Waals surface area contributed by atoms with Crippen LogP contribution in [-0.4, -0.2) is 16.1 Å². The first kappa shape index (κ1) is 24.6. The number of carboxylic acid groups (broad SMARTS) is 1. The van der Waals surface area contributed by atoms with Crippen molar-refractivity contribution in [1.29, 1.82) is 0 Å². The number of rotatable bonds is 10. The Bertz CT molecular complexity index is 1140. The summed E-state index contributed by atoms with van der Waals surface area (Å²) >= 11 is 12.6. The van der Waals surface area contributed by atoms with Gasteiger partial charge in [-0.1, -0.05) is 54.7 Å². The van der Waals surface area contributed by atoms with E-state index in [9.17, 15) is 9.90 Å². The third-order valence-corrected chi connectivity index (χ3v) is 5.66. The van der Waals surface area contributed by atoms with Crippen LogP contribution in [-0.2, 0) is 11.4 Å². The lowest BCUT2D eigenvalue weighted by Crippen LogP contribution is -1.98. The summed E-state index contributed by atoms with van der Waals surface area (Å²) in [7, 11) is 0. The number of aliphatic carboxylic acids is 1. The van der Waals surface area contributed by atoms with Crippen LogP contribution < -0.4 is 9.47 Å². The minimum atomic E-state index is -0.974. The number of carboxylic acids is 1. The Balaban J connectivity index is 1.72. The molecular formula is C26H25Cl2NO4. The van der Waals surface area contributed by atoms with Gasteiger partial charge in [-0.2, -0.15) is 0 Å².